The lowest BCUT2D eigenvalue weighted by molar-refractivity contribution is -0.116. The second-order valence-electron chi connectivity index (χ2n) is 2.54. The van der Waals surface area contributed by atoms with Gasteiger partial charge in [0, 0.05) is 0 Å². The van der Waals surface area contributed by atoms with Crippen molar-refractivity contribution in [2.75, 3.05) is 0 Å². The average molecular weight is 214 g/mol. The van der Waals surface area contributed by atoms with Crippen molar-refractivity contribution < 1.29 is 4.79 Å². The van der Waals surface area contributed by atoms with Gasteiger partial charge in [0.25, 0.3) is 0 Å². The van der Waals surface area contributed by atoms with Gasteiger partial charge < -0.3 is 0 Å². The van der Waals surface area contributed by atoms with Crippen LogP contribution in [0.5, 0.6) is 0 Å². The van der Waals surface area contributed by atoms with E-state index in [4.69, 9.17) is 11.6 Å². The predicted octanol–water partition coefficient (Wildman–Crippen LogP) is 2.36. The molecule has 0 rings (SSSR count). The highest BCUT2D eigenvalue weighted by Gasteiger charge is 2.27. The molecule has 0 unspecified atom stereocenters. The van der Waals surface area contributed by atoms with Crippen molar-refractivity contribution >= 4 is 33.3 Å². The minimum Gasteiger partial charge on any atom is -0.299 e. The second kappa shape index (κ2) is 3.02. The first-order chi connectivity index (χ1) is 3.85. The topological polar surface area (TPSA) is 17.1 Å². The summed E-state index contributed by atoms with van der Waals surface area (Å²) in [6.45, 7) is 5.12. The molecule has 0 saturated heterocycles. The number of rotatable bonds is 2. The van der Waals surface area contributed by atoms with E-state index < -0.39 is 4.87 Å². The fourth-order valence-electron chi connectivity index (χ4n) is 0.483. The average Bonchev–Trinajstić information content (AvgIpc) is 1.62. The molecule has 0 aromatic carbocycles. The minimum absolute atomic E-state index is 0.0648. The molecule has 0 amide bonds. The lowest BCUT2D eigenvalue weighted by Gasteiger charge is -2.19. The van der Waals surface area contributed by atoms with Gasteiger partial charge >= 0.3 is 0 Å². The van der Waals surface area contributed by atoms with Gasteiger partial charge in [-0.25, -0.2) is 0 Å². The highest BCUT2D eigenvalue weighted by atomic mass is 79.9. The zero-order chi connectivity index (χ0) is 7.65. The molecule has 0 fully saturated rings. The Balaban J connectivity index is 4.04. The molecule has 0 aromatic rings. The number of alkyl halides is 2. The van der Waals surface area contributed by atoms with Crippen LogP contribution in [0.1, 0.15) is 20.8 Å². The Bertz CT molecular complexity index is 117. The van der Waals surface area contributed by atoms with E-state index in [1.807, 2.05) is 0 Å². The fourth-order valence-corrected chi connectivity index (χ4v) is 0.637. The Morgan fingerprint density at radius 1 is 1.67 bits per heavy atom. The number of ketones is 1. The Hall–Kier alpha value is 0.440. The second-order valence-corrected chi connectivity index (χ2v) is 4.43. The van der Waals surface area contributed by atoms with Crippen LogP contribution in [0.4, 0.5) is 0 Å². The van der Waals surface area contributed by atoms with Crippen molar-refractivity contribution in [3.8, 4) is 0 Å². The maximum Gasteiger partial charge on any atom is 0.145 e. The van der Waals surface area contributed by atoms with Crippen molar-refractivity contribution in [2.45, 2.75) is 30.5 Å². The van der Waals surface area contributed by atoms with Crippen LogP contribution in [0.3, 0.4) is 0 Å². The van der Waals surface area contributed by atoms with Crippen LogP contribution in [0.15, 0.2) is 0 Å². The van der Waals surface area contributed by atoms with E-state index in [2.05, 4.69) is 15.9 Å². The highest BCUT2D eigenvalue weighted by Crippen LogP contribution is 2.24. The number of Topliss-reactive ketones (excluding diaryl/α,β-unsaturated/α-hetero) is 1. The van der Waals surface area contributed by atoms with Crippen molar-refractivity contribution in [1.29, 1.82) is 0 Å². The monoisotopic (exact) mass is 212 g/mol. The molecule has 1 atom stereocenters. The van der Waals surface area contributed by atoms with Gasteiger partial charge in [-0.15, -0.1) is 11.6 Å². The molecular formula is C6H10BrClO. The highest BCUT2D eigenvalue weighted by molar-refractivity contribution is 9.10. The van der Waals surface area contributed by atoms with E-state index in [0.29, 0.717) is 0 Å². The van der Waals surface area contributed by atoms with Gasteiger partial charge in [-0.05, 0) is 20.8 Å². The van der Waals surface area contributed by atoms with E-state index in [-0.39, 0.29) is 10.6 Å². The number of hydrogen-bond acceptors (Lipinski definition) is 1. The molecule has 54 valence electrons. The standard InChI is InChI=1S/C6H10BrClO/c1-4(9)5(7)6(2,3)8/h5H,1-3H3/t5-/m0/s1. The maximum absolute atomic E-state index is 10.7. The normalized spacial score (nSPS) is 15.2. The third-order valence-electron chi connectivity index (χ3n) is 0.960. The quantitative estimate of drug-likeness (QED) is 0.644. The van der Waals surface area contributed by atoms with Gasteiger partial charge in [-0.3, -0.25) is 4.79 Å². The summed E-state index contributed by atoms with van der Waals surface area (Å²) in [5, 5.41) is 0. The molecule has 0 bridgehead atoms. The SMILES string of the molecule is CC(=O)[C@H](Br)C(C)(C)Cl. The first-order valence-corrected chi connectivity index (χ1v) is 3.98. The van der Waals surface area contributed by atoms with E-state index in [0.717, 1.165) is 0 Å². The van der Waals surface area contributed by atoms with Crippen LogP contribution in [0.2, 0.25) is 0 Å². The molecule has 9 heavy (non-hydrogen) atoms. The van der Waals surface area contributed by atoms with Gasteiger partial charge in [0.15, 0.2) is 0 Å². The molecule has 0 heterocycles. The Morgan fingerprint density at radius 3 is 2.00 bits per heavy atom. The molecule has 1 nitrogen and oxygen atoms in total. The molecule has 0 N–H and O–H groups in total. The summed E-state index contributed by atoms with van der Waals surface area (Å²) in [4.78, 5) is 9.93. The first kappa shape index (κ1) is 9.44. The van der Waals surface area contributed by atoms with Crippen LogP contribution in [-0.2, 0) is 4.79 Å². The molecule has 0 aliphatic rings. The van der Waals surface area contributed by atoms with Crippen LogP contribution in [0.25, 0.3) is 0 Å². The molecular weight excluding hydrogens is 203 g/mol. The summed E-state index contributed by atoms with van der Waals surface area (Å²) >= 11 is 8.99. The number of halogens is 2. The first-order valence-electron chi connectivity index (χ1n) is 2.69. The van der Waals surface area contributed by atoms with Crippen LogP contribution >= 0.6 is 27.5 Å². The van der Waals surface area contributed by atoms with Gasteiger partial charge in [0.05, 0.1) is 9.70 Å². The van der Waals surface area contributed by atoms with Crippen molar-refractivity contribution in [3.05, 3.63) is 0 Å². The third-order valence-corrected chi connectivity index (χ3v) is 3.23. The molecule has 0 aliphatic heterocycles. The predicted molar refractivity (Wildman–Crippen MR) is 43.3 cm³/mol. The Kier molecular flexibility index (Phi) is 3.17. The molecule has 0 aliphatic carbocycles. The van der Waals surface area contributed by atoms with Crippen LogP contribution in [-0.4, -0.2) is 15.5 Å². The maximum atomic E-state index is 10.7. The molecule has 0 spiro atoms. The van der Waals surface area contributed by atoms with Crippen molar-refractivity contribution in [1.82, 2.24) is 0 Å². The summed E-state index contributed by atoms with van der Waals surface area (Å²) in [6.07, 6.45) is 0. The molecule has 0 saturated carbocycles. The van der Waals surface area contributed by atoms with Crippen LogP contribution in [0, 0.1) is 0 Å². The zero-order valence-corrected chi connectivity index (χ0v) is 8.08. The molecule has 0 radical (unpaired) electrons. The molecule has 3 heteroatoms. The van der Waals surface area contributed by atoms with E-state index in [9.17, 15) is 4.79 Å². The minimum atomic E-state index is -0.480. The number of carbonyl (C=O) groups is 1. The summed E-state index contributed by atoms with van der Waals surface area (Å²) in [5.41, 5.74) is 0. The van der Waals surface area contributed by atoms with E-state index in [1.54, 1.807) is 13.8 Å². The molecule has 0 aromatic heterocycles. The van der Waals surface area contributed by atoms with Crippen molar-refractivity contribution in [2.24, 2.45) is 0 Å². The van der Waals surface area contributed by atoms with Gasteiger partial charge in [-0.2, -0.15) is 0 Å². The lowest BCUT2D eigenvalue weighted by atomic mass is 10.1. The van der Waals surface area contributed by atoms with Crippen molar-refractivity contribution in [3.63, 3.8) is 0 Å². The largest absolute Gasteiger partial charge is 0.299 e. The van der Waals surface area contributed by atoms with E-state index >= 15 is 0 Å². The summed E-state index contributed by atoms with van der Waals surface area (Å²) < 4.78 is 0. The van der Waals surface area contributed by atoms with Crippen LogP contribution < -0.4 is 0 Å². The summed E-state index contributed by atoms with van der Waals surface area (Å²) in [7, 11) is 0. The Morgan fingerprint density at radius 2 is 2.00 bits per heavy atom. The number of hydrogen-bond donors (Lipinski definition) is 0. The van der Waals surface area contributed by atoms with Gasteiger partial charge in [0.1, 0.15) is 5.78 Å². The van der Waals surface area contributed by atoms with E-state index in [1.165, 1.54) is 6.92 Å². The smallest absolute Gasteiger partial charge is 0.145 e. The Labute approximate surface area is 68.9 Å². The van der Waals surface area contributed by atoms with Gasteiger partial charge in [0.2, 0.25) is 0 Å². The third kappa shape index (κ3) is 3.21. The zero-order valence-electron chi connectivity index (χ0n) is 5.74. The number of carbonyl (C=O) groups excluding carboxylic acids is 1. The summed E-state index contributed by atoms with van der Waals surface area (Å²) in [6, 6.07) is 0. The summed E-state index contributed by atoms with van der Waals surface area (Å²) in [5.74, 6) is 0.0648. The van der Waals surface area contributed by atoms with Gasteiger partial charge in [-0.1, -0.05) is 15.9 Å². The fraction of sp³-hybridized carbons (Fsp3) is 0.833. The lowest BCUT2D eigenvalue weighted by Crippen LogP contribution is -2.30.